The Morgan fingerprint density at radius 1 is 1.19 bits per heavy atom. The molecule has 0 bridgehead atoms. The highest BCUT2D eigenvalue weighted by molar-refractivity contribution is 8.77. The number of thiophene rings is 1. The molecule has 0 aromatic carbocycles. The van der Waals surface area contributed by atoms with Crippen LogP contribution in [0.5, 0.6) is 0 Å². The summed E-state index contributed by atoms with van der Waals surface area (Å²) in [6.07, 6.45) is 0.447. The Balaban J connectivity index is 2.95. The second-order valence-corrected chi connectivity index (χ2v) is 9.68. The van der Waals surface area contributed by atoms with Crippen molar-refractivity contribution in [3.8, 4) is 0 Å². The van der Waals surface area contributed by atoms with Crippen LogP contribution in [0, 0.1) is 11.8 Å². The van der Waals surface area contributed by atoms with E-state index in [0.717, 1.165) is 4.21 Å². The number of hydroxylamine groups is 1. The molecule has 0 spiro atoms. The van der Waals surface area contributed by atoms with E-state index in [2.05, 4.69) is 10.6 Å². The number of rotatable bonds is 10. The van der Waals surface area contributed by atoms with Crippen molar-refractivity contribution in [2.75, 3.05) is 7.05 Å². The summed E-state index contributed by atoms with van der Waals surface area (Å²) in [6, 6.07) is 3.11. The zero-order valence-corrected chi connectivity index (χ0v) is 17.6. The van der Waals surface area contributed by atoms with Gasteiger partial charge in [-0.15, -0.1) is 11.3 Å². The summed E-state index contributed by atoms with van der Waals surface area (Å²) in [5.74, 6) is -1.87. The summed E-state index contributed by atoms with van der Waals surface area (Å²) in [6.45, 7) is 5.48. The van der Waals surface area contributed by atoms with Crippen molar-refractivity contribution >= 4 is 50.6 Å². The standard InChI is InChI=1S/C16H25N3O4S3/c1-9(2)8-11(15(21)18-10(3)14(20)17-4)13(16(22)19-23)26-25-12-6-5-7-24-12/h5-7,9-11,13,23H,8H2,1-4H3,(H,17,20)(H,18,21)(H,19,22). The van der Waals surface area contributed by atoms with Gasteiger partial charge >= 0.3 is 0 Å². The average molecular weight is 420 g/mol. The molecule has 1 aromatic heterocycles. The van der Waals surface area contributed by atoms with Crippen molar-refractivity contribution in [2.45, 2.75) is 42.7 Å². The molecule has 0 radical (unpaired) electrons. The van der Waals surface area contributed by atoms with Crippen LogP contribution >= 0.6 is 32.9 Å². The third-order valence-corrected chi connectivity index (χ3v) is 7.64. The molecule has 3 atom stereocenters. The van der Waals surface area contributed by atoms with Crippen LogP contribution in [0.15, 0.2) is 21.7 Å². The fourth-order valence-electron chi connectivity index (χ4n) is 2.25. The Bertz CT molecular complexity index is 596. The quantitative estimate of drug-likeness (QED) is 0.263. The fraction of sp³-hybridized carbons (Fsp3) is 0.562. The fourth-order valence-corrected chi connectivity index (χ4v) is 5.99. The molecule has 146 valence electrons. The molecule has 0 saturated carbocycles. The van der Waals surface area contributed by atoms with Crippen LogP contribution in [0.3, 0.4) is 0 Å². The van der Waals surface area contributed by atoms with E-state index in [1.54, 1.807) is 12.4 Å². The molecule has 26 heavy (non-hydrogen) atoms. The van der Waals surface area contributed by atoms with Gasteiger partial charge in [-0.3, -0.25) is 19.6 Å². The van der Waals surface area contributed by atoms with Gasteiger partial charge in [0.05, 0.1) is 10.1 Å². The van der Waals surface area contributed by atoms with E-state index < -0.39 is 23.1 Å². The highest BCUT2D eigenvalue weighted by Gasteiger charge is 2.36. The minimum atomic E-state index is -0.800. The van der Waals surface area contributed by atoms with E-state index >= 15 is 0 Å². The molecular weight excluding hydrogens is 394 g/mol. The normalized spacial score (nSPS) is 14.4. The summed E-state index contributed by atoms with van der Waals surface area (Å²) in [5, 5.41) is 15.4. The van der Waals surface area contributed by atoms with E-state index in [0.29, 0.717) is 6.42 Å². The first kappa shape index (κ1) is 22.8. The van der Waals surface area contributed by atoms with Crippen LogP contribution in [-0.2, 0) is 14.4 Å². The van der Waals surface area contributed by atoms with Gasteiger partial charge in [0.25, 0.3) is 5.91 Å². The average Bonchev–Trinajstić information content (AvgIpc) is 3.12. The first-order valence-electron chi connectivity index (χ1n) is 8.12. The summed E-state index contributed by atoms with van der Waals surface area (Å²) in [4.78, 5) is 36.7. The topological polar surface area (TPSA) is 108 Å². The van der Waals surface area contributed by atoms with E-state index in [1.165, 1.54) is 40.0 Å². The maximum absolute atomic E-state index is 12.8. The molecule has 1 heterocycles. The lowest BCUT2D eigenvalue weighted by molar-refractivity contribution is -0.135. The van der Waals surface area contributed by atoms with E-state index in [1.807, 2.05) is 31.4 Å². The van der Waals surface area contributed by atoms with Crippen LogP contribution < -0.4 is 16.1 Å². The summed E-state index contributed by atoms with van der Waals surface area (Å²) >= 11 is 1.53. The largest absolute Gasteiger partial charge is 0.357 e. The predicted molar refractivity (Wildman–Crippen MR) is 106 cm³/mol. The predicted octanol–water partition coefficient (Wildman–Crippen LogP) is 2.28. The molecule has 0 aliphatic rings. The second-order valence-electron chi connectivity index (χ2n) is 6.09. The summed E-state index contributed by atoms with van der Waals surface area (Å²) in [5.41, 5.74) is 1.66. The smallest absolute Gasteiger partial charge is 0.258 e. The van der Waals surface area contributed by atoms with Gasteiger partial charge in [-0.05, 0) is 41.5 Å². The number of carbonyl (C=O) groups excluding carboxylic acids is 3. The van der Waals surface area contributed by atoms with Gasteiger partial charge in [0, 0.05) is 7.05 Å². The molecule has 0 aliphatic heterocycles. The second kappa shape index (κ2) is 11.5. The monoisotopic (exact) mass is 419 g/mol. The molecule has 10 heteroatoms. The molecule has 4 N–H and O–H groups in total. The van der Waals surface area contributed by atoms with Gasteiger partial charge in [-0.25, -0.2) is 5.48 Å². The van der Waals surface area contributed by atoms with Gasteiger partial charge in [-0.1, -0.05) is 30.7 Å². The van der Waals surface area contributed by atoms with Crippen LogP contribution in [0.2, 0.25) is 0 Å². The van der Waals surface area contributed by atoms with Crippen molar-refractivity contribution in [2.24, 2.45) is 11.8 Å². The number of nitrogens with one attached hydrogen (secondary N) is 3. The zero-order chi connectivity index (χ0) is 19.7. The molecule has 0 fully saturated rings. The molecule has 0 saturated heterocycles. The molecular formula is C16H25N3O4S3. The highest BCUT2D eigenvalue weighted by atomic mass is 33.1. The molecule has 3 amide bonds. The first-order chi connectivity index (χ1) is 12.3. The van der Waals surface area contributed by atoms with E-state index in [-0.39, 0.29) is 17.7 Å². The number of likely N-dealkylation sites (N-methyl/N-ethyl adjacent to an activating group) is 1. The summed E-state index contributed by atoms with van der Waals surface area (Å²) < 4.78 is 0.994. The van der Waals surface area contributed by atoms with Crippen LogP contribution in [0.25, 0.3) is 0 Å². The van der Waals surface area contributed by atoms with Crippen molar-refractivity contribution in [3.05, 3.63) is 17.5 Å². The molecule has 1 rings (SSSR count). The van der Waals surface area contributed by atoms with Crippen LogP contribution in [0.4, 0.5) is 0 Å². The first-order valence-corrected chi connectivity index (χ1v) is 11.2. The van der Waals surface area contributed by atoms with E-state index in [4.69, 9.17) is 5.21 Å². The van der Waals surface area contributed by atoms with Gasteiger partial charge in [-0.2, -0.15) is 0 Å². The maximum Gasteiger partial charge on any atom is 0.258 e. The third-order valence-electron chi connectivity index (χ3n) is 3.52. The van der Waals surface area contributed by atoms with Crippen LogP contribution in [-0.4, -0.2) is 41.3 Å². The Morgan fingerprint density at radius 2 is 1.88 bits per heavy atom. The van der Waals surface area contributed by atoms with Gasteiger partial charge in [0.2, 0.25) is 11.8 Å². The number of hydrogen-bond donors (Lipinski definition) is 4. The Hall–Kier alpha value is -1.23. The minimum Gasteiger partial charge on any atom is -0.357 e. The lowest BCUT2D eigenvalue weighted by atomic mass is 9.92. The van der Waals surface area contributed by atoms with Gasteiger partial charge in [0.15, 0.2) is 0 Å². The van der Waals surface area contributed by atoms with E-state index in [9.17, 15) is 14.4 Å². The lowest BCUT2D eigenvalue weighted by Gasteiger charge is -2.26. The Morgan fingerprint density at radius 3 is 2.38 bits per heavy atom. The van der Waals surface area contributed by atoms with Crippen molar-refractivity contribution in [1.29, 1.82) is 0 Å². The van der Waals surface area contributed by atoms with Crippen molar-refractivity contribution in [1.82, 2.24) is 16.1 Å². The Kier molecular flexibility index (Phi) is 10.1. The van der Waals surface area contributed by atoms with Crippen molar-refractivity contribution in [3.63, 3.8) is 0 Å². The maximum atomic E-state index is 12.8. The van der Waals surface area contributed by atoms with Crippen molar-refractivity contribution < 1.29 is 19.6 Å². The van der Waals surface area contributed by atoms with Crippen LogP contribution in [0.1, 0.15) is 27.2 Å². The molecule has 1 aromatic rings. The number of carbonyl (C=O) groups is 3. The molecule has 7 nitrogen and oxygen atoms in total. The summed E-state index contributed by atoms with van der Waals surface area (Å²) in [7, 11) is 4.10. The molecule has 3 unspecified atom stereocenters. The number of amides is 3. The molecule has 0 aliphatic carbocycles. The van der Waals surface area contributed by atoms with Gasteiger partial charge in [0.1, 0.15) is 11.3 Å². The third kappa shape index (κ3) is 7.18. The SMILES string of the molecule is CNC(=O)C(C)NC(=O)C(CC(C)C)C(SSc1cccs1)C(=O)NO. The number of hydrogen-bond acceptors (Lipinski definition) is 7. The highest BCUT2D eigenvalue weighted by Crippen LogP contribution is 2.41. The lowest BCUT2D eigenvalue weighted by Crippen LogP contribution is -2.49. The zero-order valence-electron chi connectivity index (χ0n) is 15.1. The van der Waals surface area contributed by atoms with Gasteiger partial charge < -0.3 is 10.6 Å². The Labute approximate surface area is 165 Å². The minimum absolute atomic E-state index is 0.155.